The molecule has 8 nitrogen and oxygen atoms in total. The van der Waals surface area contributed by atoms with Crippen LogP contribution in [0.5, 0.6) is 0 Å². The molecule has 0 fully saturated rings. The molecule has 152 valence electrons. The topological polar surface area (TPSA) is 99.8 Å². The van der Waals surface area contributed by atoms with Crippen LogP contribution in [0.1, 0.15) is 10.4 Å². The number of hydrogen-bond donors (Lipinski definition) is 2. The van der Waals surface area contributed by atoms with Gasteiger partial charge in [0.2, 0.25) is 0 Å². The maximum absolute atomic E-state index is 13.6. The summed E-state index contributed by atoms with van der Waals surface area (Å²) in [4.78, 5) is 16.9. The van der Waals surface area contributed by atoms with E-state index in [-0.39, 0.29) is 22.7 Å². The molecule has 11 heteroatoms. The predicted octanol–water partition coefficient (Wildman–Crippen LogP) is 3.53. The van der Waals surface area contributed by atoms with E-state index in [2.05, 4.69) is 15.4 Å². The van der Waals surface area contributed by atoms with Crippen molar-refractivity contribution < 1.29 is 22.3 Å². The maximum Gasteiger partial charge on any atom is 0.267 e. The lowest BCUT2D eigenvalue weighted by Crippen LogP contribution is -2.21. The summed E-state index contributed by atoms with van der Waals surface area (Å²) in [5, 5.41) is 6.76. The fourth-order valence-corrected chi connectivity index (χ4v) is 3.32. The van der Waals surface area contributed by atoms with Gasteiger partial charge in [0.15, 0.2) is 23.1 Å². The Morgan fingerprint density at radius 2 is 1.87 bits per heavy atom. The van der Waals surface area contributed by atoms with E-state index in [9.17, 15) is 22.3 Å². The number of halogens is 2. The van der Waals surface area contributed by atoms with Crippen LogP contribution in [0.4, 0.5) is 26.0 Å². The van der Waals surface area contributed by atoms with E-state index in [1.807, 2.05) is 0 Å². The van der Waals surface area contributed by atoms with Crippen molar-refractivity contribution in [1.29, 1.82) is 0 Å². The average Bonchev–Trinajstić information content (AvgIpc) is 3.15. The number of nitrogens with zero attached hydrogens (tertiary/aromatic N) is 4. The lowest BCUT2D eigenvalue weighted by molar-refractivity contribution is 0.102. The van der Waals surface area contributed by atoms with Gasteiger partial charge in [0.05, 0.1) is 11.9 Å². The van der Waals surface area contributed by atoms with Crippen LogP contribution in [0.2, 0.25) is 0 Å². The number of anilines is 3. The first-order chi connectivity index (χ1) is 14.4. The Kier molecular flexibility index (Phi) is 5.21. The quantitative estimate of drug-likeness (QED) is 0.473. The van der Waals surface area contributed by atoms with Gasteiger partial charge in [0, 0.05) is 24.0 Å². The Balaban J connectivity index is 1.74. The van der Waals surface area contributed by atoms with Gasteiger partial charge in [-0.2, -0.15) is 5.10 Å². The molecule has 30 heavy (non-hydrogen) atoms. The average molecular weight is 429 g/mol. The third-order valence-electron chi connectivity index (χ3n) is 4.13. The summed E-state index contributed by atoms with van der Waals surface area (Å²) >= 11 is -2.65. The Bertz CT molecular complexity index is 1270. The summed E-state index contributed by atoms with van der Waals surface area (Å²) in [5.41, 5.74) is 0.702. The van der Waals surface area contributed by atoms with Crippen LogP contribution in [-0.2, 0) is 11.3 Å². The molecule has 0 saturated heterocycles. The third-order valence-corrected chi connectivity index (χ3v) is 4.84. The fourth-order valence-electron chi connectivity index (χ4n) is 2.77. The number of hydrogen-bond acceptors (Lipinski definition) is 4. The van der Waals surface area contributed by atoms with E-state index in [0.717, 1.165) is 22.5 Å². The molecule has 0 saturated carbocycles. The number of carbonyl (C=O) groups excluding carboxylic acids is 1. The van der Waals surface area contributed by atoms with E-state index in [4.69, 9.17) is 0 Å². The highest BCUT2D eigenvalue weighted by Gasteiger charge is 2.21. The molecule has 4 rings (SSSR count). The van der Waals surface area contributed by atoms with Crippen molar-refractivity contribution in [3.05, 3.63) is 84.2 Å². The predicted molar refractivity (Wildman–Crippen MR) is 107 cm³/mol. The zero-order valence-electron chi connectivity index (χ0n) is 15.1. The van der Waals surface area contributed by atoms with Gasteiger partial charge in [-0.15, -0.1) is 0 Å². The van der Waals surface area contributed by atoms with E-state index in [1.54, 1.807) is 30.3 Å². The van der Waals surface area contributed by atoms with Gasteiger partial charge in [-0.25, -0.2) is 26.8 Å². The molecule has 1 unspecified atom stereocenters. The Morgan fingerprint density at radius 1 is 1.10 bits per heavy atom. The van der Waals surface area contributed by atoms with Crippen molar-refractivity contribution in [2.75, 3.05) is 9.62 Å². The van der Waals surface area contributed by atoms with E-state index in [1.165, 1.54) is 23.0 Å². The van der Waals surface area contributed by atoms with E-state index < -0.39 is 28.8 Å². The smallest absolute Gasteiger partial charge is 0.267 e. The summed E-state index contributed by atoms with van der Waals surface area (Å²) < 4.78 is 50.6. The second kappa shape index (κ2) is 7.97. The number of aromatic nitrogens is 3. The van der Waals surface area contributed by atoms with Crippen molar-refractivity contribution in [1.82, 2.24) is 14.6 Å². The molecule has 0 aliphatic rings. The Labute approximate surface area is 171 Å². The minimum atomic E-state index is -2.65. The molecule has 0 aliphatic carbocycles. The second-order valence-corrected chi connectivity index (χ2v) is 6.88. The van der Waals surface area contributed by atoms with Gasteiger partial charge >= 0.3 is 0 Å². The molecule has 0 spiro atoms. The molecule has 1 amide bonds. The molecule has 0 bridgehead atoms. The zero-order valence-corrected chi connectivity index (χ0v) is 15.9. The van der Waals surface area contributed by atoms with Gasteiger partial charge in [-0.3, -0.25) is 9.35 Å². The standard InChI is InChI=1S/C19H13F2N5O3S/c20-15-7-6-13(10-16(15)21)26(30(28)29)17-8-9-25-18(24-17)14(11-22-25)19(27)23-12-4-2-1-3-5-12/h1-11H,(H,23,27)(H,28,29). The fraction of sp³-hybridized carbons (Fsp3) is 0. The number of carbonyl (C=O) groups is 1. The van der Waals surface area contributed by atoms with Gasteiger partial charge < -0.3 is 5.32 Å². The van der Waals surface area contributed by atoms with Crippen molar-refractivity contribution in [2.45, 2.75) is 0 Å². The second-order valence-electron chi connectivity index (χ2n) is 6.06. The molecule has 2 heterocycles. The molecule has 2 aromatic heterocycles. The largest absolute Gasteiger partial charge is 0.322 e. The van der Waals surface area contributed by atoms with Crippen LogP contribution in [0.25, 0.3) is 5.65 Å². The molecule has 2 N–H and O–H groups in total. The van der Waals surface area contributed by atoms with E-state index in [0.29, 0.717) is 5.69 Å². The summed E-state index contributed by atoms with van der Waals surface area (Å²) in [5.74, 6) is -2.83. The highest BCUT2D eigenvalue weighted by molar-refractivity contribution is 7.81. The van der Waals surface area contributed by atoms with E-state index >= 15 is 0 Å². The van der Waals surface area contributed by atoms with Crippen molar-refractivity contribution >= 4 is 40.0 Å². The number of benzene rings is 2. The molecular weight excluding hydrogens is 416 g/mol. The zero-order chi connectivity index (χ0) is 21.3. The summed E-state index contributed by atoms with van der Waals surface area (Å²) in [6.45, 7) is 0. The Hall–Kier alpha value is -3.70. The SMILES string of the molecule is O=C(Nc1ccccc1)c1cnn2ccc(N(c3ccc(F)c(F)c3)S(=O)O)nc12. The van der Waals surface area contributed by atoms with Gasteiger partial charge in [0.1, 0.15) is 5.56 Å². The lowest BCUT2D eigenvalue weighted by atomic mass is 10.2. The van der Waals surface area contributed by atoms with Gasteiger partial charge in [0.25, 0.3) is 17.2 Å². The minimum absolute atomic E-state index is 0.0661. The number of nitrogens with one attached hydrogen (secondary N) is 1. The summed E-state index contributed by atoms with van der Waals surface area (Å²) in [6, 6.07) is 12.9. The molecule has 0 aliphatic heterocycles. The van der Waals surface area contributed by atoms with Crippen LogP contribution in [0, 0.1) is 11.6 Å². The Morgan fingerprint density at radius 3 is 2.57 bits per heavy atom. The highest BCUT2D eigenvalue weighted by Crippen LogP contribution is 2.27. The number of para-hydroxylation sites is 1. The molecule has 1 atom stereocenters. The summed E-state index contributed by atoms with van der Waals surface area (Å²) in [6.07, 6.45) is 2.74. The van der Waals surface area contributed by atoms with Crippen LogP contribution in [-0.4, -0.2) is 29.3 Å². The first-order valence-electron chi connectivity index (χ1n) is 8.51. The molecule has 0 radical (unpaired) electrons. The number of rotatable bonds is 5. The maximum atomic E-state index is 13.6. The van der Waals surface area contributed by atoms with Crippen molar-refractivity contribution in [3.8, 4) is 0 Å². The van der Waals surface area contributed by atoms with Gasteiger partial charge in [-0.05, 0) is 24.3 Å². The number of fused-ring (bicyclic) bond motifs is 1. The van der Waals surface area contributed by atoms with Crippen molar-refractivity contribution in [2.24, 2.45) is 0 Å². The molecular formula is C19H13F2N5O3S. The van der Waals surface area contributed by atoms with Gasteiger partial charge in [-0.1, -0.05) is 18.2 Å². The van der Waals surface area contributed by atoms with Crippen LogP contribution < -0.4 is 9.62 Å². The third kappa shape index (κ3) is 3.75. The molecule has 4 aromatic rings. The first kappa shape index (κ1) is 19.6. The van der Waals surface area contributed by atoms with Crippen LogP contribution in [0.3, 0.4) is 0 Å². The first-order valence-corrected chi connectivity index (χ1v) is 9.57. The highest BCUT2D eigenvalue weighted by atomic mass is 32.2. The monoisotopic (exact) mass is 429 g/mol. The van der Waals surface area contributed by atoms with Crippen LogP contribution in [0.15, 0.2) is 67.0 Å². The van der Waals surface area contributed by atoms with Crippen molar-refractivity contribution in [3.63, 3.8) is 0 Å². The molecule has 2 aromatic carbocycles. The lowest BCUT2D eigenvalue weighted by Gasteiger charge is -2.19. The number of amides is 1. The summed E-state index contributed by atoms with van der Waals surface area (Å²) in [7, 11) is 0. The normalized spacial score (nSPS) is 12.0. The minimum Gasteiger partial charge on any atom is -0.322 e. The van der Waals surface area contributed by atoms with Crippen LogP contribution >= 0.6 is 0 Å².